The molecule has 0 aliphatic carbocycles. The van der Waals surface area contributed by atoms with E-state index in [2.05, 4.69) is 10.1 Å². The van der Waals surface area contributed by atoms with Gasteiger partial charge in [-0.3, -0.25) is 4.79 Å². The van der Waals surface area contributed by atoms with Crippen LogP contribution in [0.4, 0.5) is 5.69 Å². The lowest BCUT2D eigenvalue weighted by atomic mass is 10.1. The topological polar surface area (TPSA) is 76.7 Å². The molecule has 0 radical (unpaired) electrons. The van der Waals surface area contributed by atoms with Crippen molar-refractivity contribution in [2.75, 3.05) is 5.73 Å². The summed E-state index contributed by atoms with van der Waals surface area (Å²) in [6.07, 6.45) is 3.69. The number of hydrogen-bond acceptors (Lipinski definition) is 3. The van der Waals surface area contributed by atoms with Crippen LogP contribution in [0.15, 0.2) is 36.7 Å². The number of aromatic nitrogens is 3. The number of nitrogens with two attached hydrogens (primary N) is 1. The molecule has 0 amide bonds. The standard InChI is InChI=1S/C14H14N4O/c1-9-12(15)8-17-18(9)14(19)7-10-2-3-11-4-5-16-13(11)6-10/h2-6,8,16H,7,15H2,1H3. The van der Waals surface area contributed by atoms with Gasteiger partial charge in [-0.05, 0) is 30.0 Å². The molecule has 3 aromatic rings. The van der Waals surface area contributed by atoms with E-state index in [1.807, 2.05) is 30.5 Å². The van der Waals surface area contributed by atoms with Gasteiger partial charge in [0, 0.05) is 11.7 Å². The van der Waals surface area contributed by atoms with E-state index in [-0.39, 0.29) is 5.91 Å². The second kappa shape index (κ2) is 4.28. The SMILES string of the molecule is Cc1c(N)cnn1C(=O)Cc1ccc2cc[nH]c2c1. The normalized spacial score (nSPS) is 11.0. The Morgan fingerprint density at radius 1 is 1.42 bits per heavy atom. The predicted molar refractivity (Wildman–Crippen MR) is 74.0 cm³/mol. The van der Waals surface area contributed by atoms with Crippen molar-refractivity contribution in [1.82, 2.24) is 14.8 Å². The average molecular weight is 254 g/mol. The van der Waals surface area contributed by atoms with Gasteiger partial charge >= 0.3 is 0 Å². The molecule has 5 heteroatoms. The van der Waals surface area contributed by atoms with Crippen LogP contribution in [0.25, 0.3) is 10.9 Å². The Kier molecular flexibility index (Phi) is 2.59. The molecule has 0 atom stereocenters. The van der Waals surface area contributed by atoms with Crippen LogP contribution in [0, 0.1) is 6.92 Å². The second-order valence-corrected chi connectivity index (χ2v) is 4.57. The zero-order valence-corrected chi connectivity index (χ0v) is 10.6. The van der Waals surface area contributed by atoms with Crippen molar-refractivity contribution in [3.05, 3.63) is 47.9 Å². The fraction of sp³-hybridized carbons (Fsp3) is 0.143. The molecule has 0 bridgehead atoms. The lowest BCUT2D eigenvalue weighted by molar-refractivity contribution is 0.0896. The number of H-pyrrole nitrogens is 1. The van der Waals surface area contributed by atoms with E-state index >= 15 is 0 Å². The third kappa shape index (κ3) is 1.99. The number of carbonyl (C=O) groups excluding carboxylic acids is 1. The summed E-state index contributed by atoms with van der Waals surface area (Å²) in [5.74, 6) is -0.0832. The highest BCUT2D eigenvalue weighted by atomic mass is 16.2. The minimum absolute atomic E-state index is 0.0832. The van der Waals surface area contributed by atoms with Crippen molar-refractivity contribution in [2.24, 2.45) is 0 Å². The summed E-state index contributed by atoms with van der Waals surface area (Å²) in [5, 5.41) is 5.13. The molecule has 19 heavy (non-hydrogen) atoms. The van der Waals surface area contributed by atoms with Gasteiger partial charge in [-0.25, -0.2) is 4.68 Å². The molecule has 0 fully saturated rings. The molecule has 3 N–H and O–H groups in total. The van der Waals surface area contributed by atoms with Gasteiger partial charge in [0.25, 0.3) is 5.91 Å². The number of nitrogens with zero attached hydrogens (tertiary/aromatic N) is 2. The number of nitrogen functional groups attached to an aromatic ring is 1. The first kappa shape index (κ1) is 11.5. The Morgan fingerprint density at radius 2 is 2.26 bits per heavy atom. The third-order valence-electron chi connectivity index (χ3n) is 3.26. The fourth-order valence-corrected chi connectivity index (χ4v) is 2.13. The zero-order valence-electron chi connectivity index (χ0n) is 10.6. The van der Waals surface area contributed by atoms with E-state index < -0.39 is 0 Å². The van der Waals surface area contributed by atoms with E-state index in [1.54, 1.807) is 6.92 Å². The molecule has 3 rings (SSSR count). The van der Waals surface area contributed by atoms with E-state index in [9.17, 15) is 4.79 Å². The second-order valence-electron chi connectivity index (χ2n) is 4.57. The molecular weight excluding hydrogens is 240 g/mol. The van der Waals surface area contributed by atoms with Gasteiger partial charge in [-0.2, -0.15) is 5.10 Å². The summed E-state index contributed by atoms with van der Waals surface area (Å²) in [6, 6.07) is 7.93. The van der Waals surface area contributed by atoms with E-state index in [0.717, 1.165) is 16.5 Å². The van der Waals surface area contributed by atoms with Crippen LogP contribution >= 0.6 is 0 Å². The van der Waals surface area contributed by atoms with Gasteiger partial charge < -0.3 is 10.7 Å². The van der Waals surface area contributed by atoms with E-state index in [1.165, 1.54) is 10.9 Å². The highest BCUT2D eigenvalue weighted by Crippen LogP contribution is 2.16. The number of carbonyl (C=O) groups is 1. The third-order valence-corrected chi connectivity index (χ3v) is 3.26. The van der Waals surface area contributed by atoms with E-state index in [0.29, 0.717) is 17.8 Å². The van der Waals surface area contributed by atoms with Crippen molar-refractivity contribution in [1.29, 1.82) is 0 Å². The summed E-state index contributed by atoms with van der Waals surface area (Å²) in [6.45, 7) is 1.79. The summed E-state index contributed by atoms with van der Waals surface area (Å²) in [5.41, 5.74) is 8.90. The maximum Gasteiger partial charge on any atom is 0.251 e. The number of benzene rings is 1. The maximum atomic E-state index is 12.2. The molecule has 2 aromatic heterocycles. The Morgan fingerprint density at radius 3 is 3.00 bits per heavy atom. The summed E-state index contributed by atoms with van der Waals surface area (Å²) in [7, 11) is 0. The van der Waals surface area contributed by atoms with Crippen LogP contribution in [0.5, 0.6) is 0 Å². The van der Waals surface area contributed by atoms with Gasteiger partial charge in [0.2, 0.25) is 0 Å². The Hall–Kier alpha value is -2.56. The molecule has 0 unspecified atom stereocenters. The first-order valence-electron chi connectivity index (χ1n) is 6.04. The molecule has 0 saturated carbocycles. The monoisotopic (exact) mass is 254 g/mol. The molecule has 96 valence electrons. The Balaban J connectivity index is 1.88. The number of hydrogen-bond donors (Lipinski definition) is 2. The van der Waals surface area contributed by atoms with Gasteiger partial charge in [0.1, 0.15) is 0 Å². The Labute approximate surface area is 110 Å². The van der Waals surface area contributed by atoms with Crippen molar-refractivity contribution in [3.8, 4) is 0 Å². The van der Waals surface area contributed by atoms with E-state index in [4.69, 9.17) is 5.73 Å². The first-order valence-corrected chi connectivity index (χ1v) is 6.04. The molecule has 0 saturated heterocycles. The van der Waals surface area contributed by atoms with Crippen LogP contribution in [-0.4, -0.2) is 20.7 Å². The summed E-state index contributed by atoms with van der Waals surface area (Å²) < 4.78 is 1.36. The summed E-state index contributed by atoms with van der Waals surface area (Å²) in [4.78, 5) is 15.3. The molecule has 5 nitrogen and oxygen atoms in total. The highest BCUT2D eigenvalue weighted by Gasteiger charge is 2.12. The van der Waals surface area contributed by atoms with Crippen molar-refractivity contribution in [3.63, 3.8) is 0 Å². The molecule has 0 aliphatic heterocycles. The van der Waals surface area contributed by atoms with Crippen molar-refractivity contribution >= 4 is 22.5 Å². The van der Waals surface area contributed by atoms with Crippen LogP contribution in [0.2, 0.25) is 0 Å². The zero-order chi connectivity index (χ0) is 13.4. The number of fused-ring (bicyclic) bond motifs is 1. The minimum atomic E-state index is -0.0832. The minimum Gasteiger partial charge on any atom is -0.396 e. The number of aromatic amines is 1. The van der Waals surface area contributed by atoms with Gasteiger partial charge in [0.15, 0.2) is 0 Å². The Bertz CT molecular complexity index is 754. The largest absolute Gasteiger partial charge is 0.396 e. The maximum absolute atomic E-state index is 12.2. The van der Waals surface area contributed by atoms with Crippen molar-refractivity contribution < 1.29 is 4.79 Å². The molecular formula is C14H14N4O. The highest BCUT2D eigenvalue weighted by molar-refractivity contribution is 5.85. The average Bonchev–Trinajstić information content (AvgIpc) is 2.97. The number of nitrogens with one attached hydrogen (secondary N) is 1. The predicted octanol–water partition coefficient (Wildman–Crippen LogP) is 2.14. The lowest BCUT2D eigenvalue weighted by Crippen LogP contribution is -2.16. The lowest BCUT2D eigenvalue weighted by Gasteiger charge is -2.04. The molecule has 0 aliphatic rings. The van der Waals surface area contributed by atoms with Gasteiger partial charge in [0.05, 0.1) is 24.0 Å². The first-order chi connectivity index (χ1) is 9.15. The van der Waals surface area contributed by atoms with Gasteiger partial charge in [-0.15, -0.1) is 0 Å². The van der Waals surface area contributed by atoms with Gasteiger partial charge in [-0.1, -0.05) is 12.1 Å². The number of anilines is 1. The molecule has 2 heterocycles. The number of rotatable bonds is 2. The van der Waals surface area contributed by atoms with Crippen LogP contribution in [0.1, 0.15) is 16.1 Å². The molecule has 1 aromatic carbocycles. The van der Waals surface area contributed by atoms with Crippen LogP contribution in [0.3, 0.4) is 0 Å². The van der Waals surface area contributed by atoms with Crippen LogP contribution in [-0.2, 0) is 6.42 Å². The summed E-state index contributed by atoms with van der Waals surface area (Å²) >= 11 is 0. The van der Waals surface area contributed by atoms with Crippen LogP contribution < -0.4 is 5.73 Å². The quantitative estimate of drug-likeness (QED) is 0.735. The smallest absolute Gasteiger partial charge is 0.251 e. The molecule has 0 spiro atoms. The van der Waals surface area contributed by atoms with Crippen molar-refractivity contribution in [2.45, 2.75) is 13.3 Å². The fourth-order valence-electron chi connectivity index (χ4n) is 2.13.